The Hall–Kier alpha value is -0.860. The van der Waals surface area contributed by atoms with Crippen LogP contribution in [-0.4, -0.2) is 63.2 Å². The molecule has 2 unspecified atom stereocenters. The fourth-order valence-corrected chi connectivity index (χ4v) is 2.07. The molecular weight excluding hydrogens is 422 g/mol. The first-order valence-electron chi connectivity index (χ1n) is 7.93. The Bertz CT molecular complexity index is 466. The first kappa shape index (κ1) is 25.2. The molecule has 28 heavy (non-hydrogen) atoms. The van der Waals surface area contributed by atoms with Crippen LogP contribution in [0.25, 0.3) is 0 Å². The average Bonchev–Trinajstić information content (AvgIpc) is 2.93. The molecular formula is C14H18F10O4. The van der Waals surface area contributed by atoms with Gasteiger partial charge >= 0.3 is 12.4 Å². The maximum atomic E-state index is 13.5. The molecule has 1 aliphatic rings. The zero-order valence-corrected chi connectivity index (χ0v) is 14.2. The van der Waals surface area contributed by atoms with Crippen molar-refractivity contribution in [1.29, 1.82) is 0 Å². The summed E-state index contributed by atoms with van der Waals surface area (Å²) in [6.45, 7) is -4.58. The van der Waals surface area contributed by atoms with E-state index in [0.717, 1.165) is 0 Å². The van der Waals surface area contributed by atoms with E-state index in [9.17, 15) is 43.9 Å². The van der Waals surface area contributed by atoms with Crippen LogP contribution in [0.15, 0.2) is 0 Å². The van der Waals surface area contributed by atoms with Crippen LogP contribution >= 0.6 is 0 Å². The van der Waals surface area contributed by atoms with Gasteiger partial charge in [0.1, 0.15) is 12.7 Å². The summed E-state index contributed by atoms with van der Waals surface area (Å²) in [5.74, 6) is -8.18. The summed E-state index contributed by atoms with van der Waals surface area (Å²) in [5, 5.41) is 0. The average molecular weight is 440 g/mol. The van der Waals surface area contributed by atoms with Gasteiger partial charge in [-0.1, -0.05) is 0 Å². The van der Waals surface area contributed by atoms with E-state index in [0.29, 0.717) is 0 Å². The van der Waals surface area contributed by atoms with Gasteiger partial charge in [0.2, 0.25) is 0 Å². The molecule has 0 radical (unpaired) electrons. The summed E-state index contributed by atoms with van der Waals surface area (Å²) in [5.41, 5.74) is 0. The van der Waals surface area contributed by atoms with E-state index >= 15 is 0 Å². The fraction of sp³-hybridized carbons (Fsp3) is 1.00. The molecule has 0 saturated carbocycles. The Kier molecular flexibility index (Phi) is 8.78. The predicted molar refractivity (Wildman–Crippen MR) is 71.9 cm³/mol. The molecule has 0 aromatic carbocycles. The van der Waals surface area contributed by atoms with E-state index in [1.807, 2.05) is 0 Å². The van der Waals surface area contributed by atoms with Crippen molar-refractivity contribution in [3.8, 4) is 0 Å². The summed E-state index contributed by atoms with van der Waals surface area (Å²) < 4.78 is 144. The summed E-state index contributed by atoms with van der Waals surface area (Å²) in [4.78, 5) is 0. The zero-order chi connectivity index (χ0) is 21.6. The van der Waals surface area contributed by atoms with E-state index < -0.39 is 75.7 Å². The SMILES string of the molecule is FC(F)(F)CCC(F)(F)CC(F)(F)CCOCC1COC(OCC(F)(F)F)O1. The molecule has 1 saturated heterocycles. The molecule has 0 aromatic heterocycles. The summed E-state index contributed by atoms with van der Waals surface area (Å²) in [6, 6.07) is 0. The molecule has 1 aliphatic heterocycles. The first-order chi connectivity index (χ1) is 12.6. The Morgan fingerprint density at radius 3 is 1.96 bits per heavy atom. The minimum Gasteiger partial charge on any atom is -0.378 e. The summed E-state index contributed by atoms with van der Waals surface area (Å²) in [7, 11) is 0. The second-order valence-electron chi connectivity index (χ2n) is 6.14. The van der Waals surface area contributed by atoms with Crippen LogP contribution in [0.4, 0.5) is 43.9 Å². The van der Waals surface area contributed by atoms with Gasteiger partial charge in [-0.25, -0.2) is 17.6 Å². The molecule has 14 heteroatoms. The van der Waals surface area contributed by atoms with Crippen LogP contribution in [0.3, 0.4) is 0 Å². The lowest BCUT2D eigenvalue weighted by atomic mass is 10.0. The van der Waals surface area contributed by atoms with Gasteiger partial charge in [-0.3, -0.25) is 0 Å². The van der Waals surface area contributed by atoms with Gasteiger partial charge in [0.05, 0.1) is 26.2 Å². The second-order valence-corrected chi connectivity index (χ2v) is 6.14. The van der Waals surface area contributed by atoms with Crippen molar-refractivity contribution in [2.75, 3.05) is 26.4 Å². The molecule has 2 atom stereocenters. The van der Waals surface area contributed by atoms with Crippen molar-refractivity contribution in [2.45, 2.75) is 62.5 Å². The molecule has 4 nitrogen and oxygen atoms in total. The zero-order valence-electron chi connectivity index (χ0n) is 14.2. The number of hydrogen-bond acceptors (Lipinski definition) is 4. The molecule has 0 bridgehead atoms. The third kappa shape index (κ3) is 11.9. The number of alkyl halides is 10. The molecule has 1 rings (SSSR count). The third-order valence-electron chi connectivity index (χ3n) is 3.31. The minimum atomic E-state index is -4.88. The Morgan fingerprint density at radius 2 is 1.39 bits per heavy atom. The largest absolute Gasteiger partial charge is 0.411 e. The highest BCUT2D eigenvalue weighted by atomic mass is 19.4. The van der Waals surface area contributed by atoms with Gasteiger partial charge in [0.25, 0.3) is 18.3 Å². The van der Waals surface area contributed by atoms with Crippen LogP contribution in [-0.2, 0) is 18.9 Å². The van der Waals surface area contributed by atoms with Crippen molar-refractivity contribution < 1.29 is 62.9 Å². The van der Waals surface area contributed by atoms with E-state index in [1.165, 1.54) is 0 Å². The molecule has 1 heterocycles. The molecule has 0 amide bonds. The van der Waals surface area contributed by atoms with Gasteiger partial charge in [0, 0.05) is 19.3 Å². The Balaban J connectivity index is 2.24. The van der Waals surface area contributed by atoms with Crippen LogP contribution in [0.1, 0.15) is 25.7 Å². The van der Waals surface area contributed by atoms with Gasteiger partial charge < -0.3 is 18.9 Å². The highest BCUT2D eigenvalue weighted by Crippen LogP contribution is 2.38. The number of halogens is 10. The van der Waals surface area contributed by atoms with Gasteiger partial charge in [-0.2, -0.15) is 26.3 Å². The smallest absolute Gasteiger partial charge is 0.378 e. The van der Waals surface area contributed by atoms with Crippen molar-refractivity contribution in [3.63, 3.8) is 0 Å². The van der Waals surface area contributed by atoms with Crippen LogP contribution in [0.2, 0.25) is 0 Å². The molecule has 168 valence electrons. The molecule has 1 fully saturated rings. The van der Waals surface area contributed by atoms with Crippen LogP contribution in [0.5, 0.6) is 0 Å². The van der Waals surface area contributed by atoms with Gasteiger partial charge in [-0.05, 0) is 0 Å². The van der Waals surface area contributed by atoms with Gasteiger partial charge in [0.15, 0.2) is 0 Å². The highest BCUT2D eigenvalue weighted by Gasteiger charge is 2.45. The van der Waals surface area contributed by atoms with Crippen molar-refractivity contribution in [2.24, 2.45) is 0 Å². The standard InChI is InChI=1S/C14H18F10O4/c15-11(16,1-2-13(19,20)21)7-12(17,18)3-4-25-5-9-6-26-10(28-9)27-8-14(22,23)24/h9-10H,1-8H2. The van der Waals surface area contributed by atoms with E-state index in [-0.39, 0.29) is 13.2 Å². The van der Waals surface area contributed by atoms with E-state index in [2.05, 4.69) is 4.74 Å². The number of ether oxygens (including phenoxy) is 4. The molecule has 0 aliphatic carbocycles. The quantitative estimate of drug-likeness (QED) is 0.346. The lowest BCUT2D eigenvalue weighted by Crippen LogP contribution is -2.32. The highest BCUT2D eigenvalue weighted by molar-refractivity contribution is 4.78. The molecule has 0 spiro atoms. The monoisotopic (exact) mass is 440 g/mol. The number of rotatable bonds is 11. The minimum absolute atomic E-state index is 0.242. The maximum absolute atomic E-state index is 13.5. The summed E-state index contributed by atoms with van der Waals surface area (Å²) in [6.07, 6.45) is -17.3. The normalized spacial score (nSPS) is 22.1. The van der Waals surface area contributed by atoms with Crippen molar-refractivity contribution in [1.82, 2.24) is 0 Å². The Morgan fingerprint density at radius 1 is 0.786 bits per heavy atom. The Labute approximate surface area is 153 Å². The first-order valence-corrected chi connectivity index (χ1v) is 7.93. The maximum Gasteiger partial charge on any atom is 0.411 e. The van der Waals surface area contributed by atoms with Crippen LogP contribution in [0, 0.1) is 0 Å². The topological polar surface area (TPSA) is 36.9 Å². The number of hydrogen-bond donors (Lipinski definition) is 0. The van der Waals surface area contributed by atoms with Crippen molar-refractivity contribution in [3.05, 3.63) is 0 Å². The van der Waals surface area contributed by atoms with Gasteiger partial charge in [-0.15, -0.1) is 0 Å². The molecule has 0 N–H and O–H groups in total. The van der Waals surface area contributed by atoms with E-state index in [4.69, 9.17) is 14.2 Å². The third-order valence-corrected chi connectivity index (χ3v) is 3.31. The molecule has 0 aromatic rings. The van der Waals surface area contributed by atoms with E-state index in [1.54, 1.807) is 0 Å². The lowest BCUT2D eigenvalue weighted by Gasteiger charge is -2.23. The second kappa shape index (κ2) is 9.76. The predicted octanol–water partition coefficient (Wildman–Crippen LogP) is 4.67. The fourth-order valence-electron chi connectivity index (χ4n) is 2.07. The van der Waals surface area contributed by atoms with Crippen molar-refractivity contribution >= 4 is 0 Å². The lowest BCUT2D eigenvalue weighted by molar-refractivity contribution is -0.283. The summed E-state index contributed by atoms with van der Waals surface area (Å²) >= 11 is 0. The van der Waals surface area contributed by atoms with Crippen LogP contribution < -0.4 is 0 Å².